The van der Waals surface area contributed by atoms with Crippen LogP contribution in [0, 0.1) is 0 Å². The first-order valence-corrected chi connectivity index (χ1v) is 11.9. The molecule has 182 valence electrons. The first-order valence-electron chi connectivity index (χ1n) is 11.5. The summed E-state index contributed by atoms with van der Waals surface area (Å²) in [4.78, 5) is 33.8. The van der Waals surface area contributed by atoms with E-state index in [1.165, 1.54) is 4.90 Å². The van der Waals surface area contributed by atoms with Gasteiger partial charge in [0.1, 0.15) is 18.3 Å². The number of rotatable bonds is 9. The summed E-state index contributed by atoms with van der Waals surface area (Å²) in [5, 5.41) is 4.67. The second-order valence-corrected chi connectivity index (χ2v) is 8.67. The van der Waals surface area contributed by atoms with Gasteiger partial charge in [-0.15, -0.1) is 6.58 Å². The van der Waals surface area contributed by atoms with Crippen molar-refractivity contribution in [2.45, 2.75) is 25.3 Å². The lowest BCUT2D eigenvalue weighted by Gasteiger charge is -2.35. The third kappa shape index (κ3) is 6.27. The summed E-state index contributed by atoms with van der Waals surface area (Å²) < 4.78 is 11.1. The Kier molecular flexibility index (Phi) is 8.15. The van der Waals surface area contributed by atoms with Crippen molar-refractivity contribution in [3.8, 4) is 17.1 Å². The number of carbonyl (C=O) groups is 2. The molecule has 1 fully saturated rings. The van der Waals surface area contributed by atoms with E-state index < -0.39 is 0 Å². The van der Waals surface area contributed by atoms with Crippen molar-refractivity contribution in [1.29, 1.82) is 0 Å². The molecule has 0 aliphatic carbocycles. The molecule has 1 aliphatic rings. The zero-order chi connectivity index (χ0) is 24.6. The first-order chi connectivity index (χ1) is 17.0. The quantitative estimate of drug-likeness (QED) is 0.406. The molecule has 4 rings (SSSR count). The van der Waals surface area contributed by atoms with Gasteiger partial charge in [-0.05, 0) is 43.5 Å². The number of likely N-dealkylation sites (tertiary alicyclic amines) is 1. The van der Waals surface area contributed by atoms with Gasteiger partial charge in [-0.25, -0.2) is 0 Å². The van der Waals surface area contributed by atoms with Crippen LogP contribution in [0.3, 0.4) is 0 Å². The van der Waals surface area contributed by atoms with Crippen molar-refractivity contribution in [3.05, 3.63) is 78.2 Å². The molecule has 2 aromatic carbocycles. The molecule has 0 radical (unpaired) electrons. The van der Waals surface area contributed by atoms with Gasteiger partial charge in [-0.2, -0.15) is 4.98 Å². The third-order valence-electron chi connectivity index (χ3n) is 5.77. The van der Waals surface area contributed by atoms with E-state index in [4.69, 9.17) is 20.9 Å². The maximum Gasteiger partial charge on any atom is 0.261 e. The Morgan fingerprint density at radius 2 is 2.03 bits per heavy atom. The fourth-order valence-electron chi connectivity index (χ4n) is 4.02. The Bertz CT molecular complexity index is 1170. The summed E-state index contributed by atoms with van der Waals surface area (Å²) in [6, 6.07) is 15.9. The fourth-order valence-corrected chi connectivity index (χ4v) is 4.21. The van der Waals surface area contributed by atoms with Gasteiger partial charge < -0.3 is 19.1 Å². The molecule has 8 nitrogen and oxygen atoms in total. The second-order valence-electron chi connectivity index (χ2n) is 8.23. The summed E-state index contributed by atoms with van der Waals surface area (Å²) in [6.07, 6.45) is 4.10. The SMILES string of the molecule is C=CCN(CC(=O)N1CCCCC1c1nc(-c2cccc(Cl)c2)no1)C(=O)COc1ccccc1. The van der Waals surface area contributed by atoms with Crippen molar-refractivity contribution in [3.63, 3.8) is 0 Å². The van der Waals surface area contributed by atoms with E-state index in [2.05, 4.69) is 16.7 Å². The van der Waals surface area contributed by atoms with Crippen LogP contribution in [0.5, 0.6) is 5.75 Å². The molecule has 0 bridgehead atoms. The minimum atomic E-state index is -0.349. The van der Waals surface area contributed by atoms with E-state index in [-0.39, 0.29) is 37.6 Å². The Labute approximate surface area is 209 Å². The van der Waals surface area contributed by atoms with Crippen LogP contribution in [-0.4, -0.2) is 58.0 Å². The van der Waals surface area contributed by atoms with E-state index in [0.717, 1.165) is 18.4 Å². The Morgan fingerprint density at radius 1 is 1.20 bits per heavy atom. The molecule has 0 spiro atoms. The monoisotopic (exact) mass is 494 g/mol. The smallest absolute Gasteiger partial charge is 0.261 e. The standard InChI is InChI=1S/C26H27ClN4O4/c1-2-14-30(24(33)18-34-21-11-4-3-5-12-21)17-23(32)31-15-7-6-13-22(31)26-28-25(29-35-26)19-9-8-10-20(27)16-19/h2-5,8-12,16,22H,1,6-7,13-15,17-18H2. The number of piperidine rings is 1. The number of ether oxygens (including phenoxy) is 1. The topological polar surface area (TPSA) is 88.8 Å². The van der Waals surface area contributed by atoms with Crippen LogP contribution in [0.25, 0.3) is 11.4 Å². The molecular weight excluding hydrogens is 468 g/mol. The van der Waals surface area contributed by atoms with Gasteiger partial charge in [0.25, 0.3) is 5.91 Å². The molecule has 1 atom stereocenters. The molecule has 1 unspecified atom stereocenters. The van der Waals surface area contributed by atoms with Crippen molar-refractivity contribution >= 4 is 23.4 Å². The lowest BCUT2D eigenvalue weighted by atomic mass is 10.0. The van der Waals surface area contributed by atoms with Crippen LogP contribution in [0.4, 0.5) is 0 Å². The van der Waals surface area contributed by atoms with Crippen LogP contribution in [0.1, 0.15) is 31.2 Å². The summed E-state index contributed by atoms with van der Waals surface area (Å²) in [5.41, 5.74) is 0.738. The second kappa shape index (κ2) is 11.7. The van der Waals surface area contributed by atoms with E-state index >= 15 is 0 Å². The number of hydrogen-bond donors (Lipinski definition) is 0. The molecule has 3 aromatic rings. The molecule has 9 heteroatoms. The van der Waals surface area contributed by atoms with Gasteiger partial charge >= 0.3 is 0 Å². The van der Waals surface area contributed by atoms with Crippen molar-refractivity contribution in [2.24, 2.45) is 0 Å². The normalized spacial score (nSPS) is 15.5. The number of nitrogens with zero attached hydrogens (tertiary/aromatic N) is 4. The average Bonchev–Trinajstić information content (AvgIpc) is 3.38. The van der Waals surface area contributed by atoms with Crippen LogP contribution in [-0.2, 0) is 9.59 Å². The molecule has 2 amide bonds. The fraction of sp³-hybridized carbons (Fsp3) is 0.308. The van der Waals surface area contributed by atoms with Crippen LogP contribution in [0.15, 0.2) is 71.8 Å². The predicted molar refractivity (Wildman–Crippen MR) is 132 cm³/mol. The molecular formula is C26H27ClN4O4. The zero-order valence-electron chi connectivity index (χ0n) is 19.3. The molecule has 35 heavy (non-hydrogen) atoms. The Morgan fingerprint density at radius 3 is 2.80 bits per heavy atom. The minimum absolute atomic E-state index is 0.0885. The van der Waals surface area contributed by atoms with Gasteiger partial charge in [0.05, 0.1) is 0 Å². The van der Waals surface area contributed by atoms with Crippen LogP contribution >= 0.6 is 11.6 Å². The van der Waals surface area contributed by atoms with Crippen LogP contribution in [0.2, 0.25) is 5.02 Å². The van der Waals surface area contributed by atoms with Gasteiger partial charge in [-0.1, -0.05) is 53.2 Å². The summed E-state index contributed by atoms with van der Waals surface area (Å²) in [5.74, 6) is 0.904. The van der Waals surface area contributed by atoms with Crippen molar-refractivity contribution in [2.75, 3.05) is 26.2 Å². The van der Waals surface area contributed by atoms with E-state index in [9.17, 15) is 9.59 Å². The Hall–Kier alpha value is -3.65. The molecule has 0 saturated carbocycles. The number of hydrogen-bond acceptors (Lipinski definition) is 6. The maximum atomic E-state index is 13.3. The Balaban J connectivity index is 1.44. The predicted octanol–water partition coefficient (Wildman–Crippen LogP) is 4.54. The average molecular weight is 495 g/mol. The molecule has 1 saturated heterocycles. The summed E-state index contributed by atoms with van der Waals surface area (Å²) >= 11 is 6.08. The first kappa shape index (κ1) is 24.5. The molecule has 1 aliphatic heterocycles. The number of halogens is 1. The highest BCUT2D eigenvalue weighted by atomic mass is 35.5. The summed E-state index contributed by atoms with van der Waals surface area (Å²) in [6.45, 7) is 4.25. The van der Waals surface area contributed by atoms with Crippen molar-refractivity contribution < 1.29 is 18.8 Å². The van der Waals surface area contributed by atoms with E-state index in [1.54, 1.807) is 35.2 Å². The number of aromatic nitrogens is 2. The van der Waals surface area contributed by atoms with Gasteiger partial charge in [-0.3, -0.25) is 9.59 Å². The van der Waals surface area contributed by atoms with E-state index in [0.29, 0.717) is 35.5 Å². The van der Waals surface area contributed by atoms with Gasteiger partial charge in [0.15, 0.2) is 6.61 Å². The van der Waals surface area contributed by atoms with Gasteiger partial charge in [0, 0.05) is 23.7 Å². The number of para-hydroxylation sites is 1. The number of amides is 2. The lowest BCUT2D eigenvalue weighted by molar-refractivity contribution is -0.143. The maximum absolute atomic E-state index is 13.3. The number of carbonyl (C=O) groups excluding carboxylic acids is 2. The highest BCUT2D eigenvalue weighted by molar-refractivity contribution is 6.30. The third-order valence-corrected chi connectivity index (χ3v) is 6.00. The van der Waals surface area contributed by atoms with Crippen LogP contribution < -0.4 is 4.74 Å². The van der Waals surface area contributed by atoms with Crippen molar-refractivity contribution in [1.82, 2.24) is 19.9 Å². The molecule has 1 aromatic heterocycles. The molecule has 0 N–H and O–H groups in total. The highest BCUT2D eigenvalue weighted by Crippen LogP contribution is 2.31. The summed E-state index contributed by atoms with van der Waals surface area (Å²) in [7, 11) is 0. The number of benzene rings is 2. The lowest BCUT2D eigenvalue weighted by Crippen LogP contribution is -2.47. The zero-order valence-corrected chi connectivity index (χ0v) is 20.1. The van der Waals surface area contributed by atoms with Gasteiger partial charge in [0.2, 0.25) is 17.6 Å². The molecule has 2 heterocycles. The minimum Gasteiger partial charge on any atom is -0.484 e. The van der Waals surface area contributed by atoms with E-state index in [1.807, 2.05) is 30.3 Å². The highest BCUT2D eigenvalue weighted by Gasteiger charge is 2.33. The largest absolute Gasteiger partial charge is 0.484 e.